The van der Waals surface area contributed by atoms with Gasteiger partial charge in [0, 0.05) is 0 Å². The predicted octanol–water partition coefficient (Wildman–Crippen LogP) is -5.78. The zero-order valence-electron chi connectivity index (χ0n) is 12.5. The van der Waals surface area contributed by atoms with Crippen molar-refractivity contribution in [3.63, 3.8) is 0 Å². The number of rotatable bonds is 10. The first-order valence-electron chi connectivity index (χ1n) is 6.52. The monoisotopic (exact) mass is 384 g/mol. The lowest BCUT2D eigenvalue weighted by Crippen LogP contribution is -2.41. The molecule has 1 unspecified atom stereocenters. The summed E-state index contributed by atoms with van der Waals surface area (Å²) in [5.41, 5.74) is 0. The number of phosphoric acid groups is 1. The van der Waals surface area contributed by atoms with E-state index in [1.165, 1.54) is 0 Å². The van der Waals surface area contributed by atoms with Crippen molar-refractivity contribution in [1.29, 1.82) is 0 Å². The summed E-state index contributed by atoms with van der Waals surface area (Å²) in [6.45, 7) is -2.91. The third-order valence-corrected chi connectivity index (χ3v) is 3.04. The number of phosphoric ester groups is 1. The fraction of sp³-hybridized carbons (Fsp3) is 1.00. The Balaban J connectivity index is 0. The van der Waals surface area contributed by atoms with Crippen molar-refractivity contribution in [3.05, 3.63) is 0 Å². The zero-order valence-corrected chi connectivity index (χ0v) is 13.4. The number of aliphatic hydroxyl groups excluding tert-OH is 9. The van der Waals surface area contributed by atoms with Crippen LogP contribution in [0.5, 0.6) is 0 Å². The normalized spacial score (nSPS) is 19.5. The van der Waals surface area contributed by atoms with Crippen LogP contribution in [0.4, 0.5) is 0 Å². The molecule has 0 aliphatic heterocycles. The highest BCUT2D eigenvalue weighted by Crippen LogP contribution is 2.35. The fourth-order valence-electron chi connectivity index (χ4n) is 1.11. The predicted molar refractivity (Wildman–Crippen MR) is 75.3 cm³/mol. The Bertz CT molecular complexity index is 340. The first kappa shape index (κ1) is 26.0. The van der Waals surface area contributed by atoms with Gasteiger partial charge in [0.15, 0.2) is 0 Å². The number of hydrogen-bond donors (Lipinski definition) is 11. The van der Waals surface area contributed by atoms with Gasteiger partial charge in [0.1, 0.15) is 36.6 Å². The van der Waals surface area contributed by atoms with E-state index >= 15 is 0 Å². The molecule has 0 aliphatic carbocycles. The van der Waals surface area contributed by atoms with Gasteiger partial charge < -0.3 is 55.7 Å². The summed E-state index contributed by atoms with van der Waals surface area (Å²) in [4.78, 5) is 16.5. The molecule has 6 atom stereocenters. The largest absolute Gasteiger partial charge is 0.469 e. The van der Waals surface area contributed by atoms with Gasteiger partial charge in [-0.1, -0.05) is 0 Å². The van der Waals surface area contributed by atoms with Crippen LogP contribution >= 0.6 is 7.82 Å². The Kier molecular flexibility index (Phi) is 14.1. The second kappa shape index (κ2) is 13.0. The second-order valence-corrected chi connectivity index (χ2v) is 5.82. The smallest absolute Gasteiger partial charge is 0.394 e. The van der Waals surface area contributed by atoms with Gasteiger partial charge in [-0.15, -0.1) is 0 Å². The minimum atomic E-state index is -4.71. The van der Waals surface area contributed by atoms with Crippen LogP contribution in [0.2, 0.25) is 0 Å². The Morgan fingerprint density at radius 1 is 0.667 bits per heavy atom. The van der Waals surface area contributed by atoms with Crippen LogP contribution in [0.1, 0.15) is 0 Å². The maximum Gasteiger partial charge on any atom is 0.469 e. The van der Waals surface area contributed by atoms with Crippen LogP contribution in [-0.2, 0) is 9.09 Å². The highest BCUT2D eigenvalue weighted by molar-refractivity contribution is 7.46. The van der Waals surface area contributed by atoms with E-state index in [-0.39, 0.29) is 0 Å². The van der Waals surface area contributed by atoms with Gasteiger partial charge in [0.2, 0.25) is 0 Å². The van der Waals surface area contributed by atoms with Crippen molar-refractivity contribution in [3.8, 4) is 0 Å². The summed E-state index contributed by atoms with van der Waals surface area (Å²) in [6.07, 6.45) is -9.30. The van der Waals surface area contributed by atoms with E-state index in [1.807, 2.05) is 0 Å². The summed E-state index contributed by atoms with van der Waals surface area (Å²) < 4.78 is 14.0. The van der Waals surface area contributed by atoms with Crippen LogP contribution < -0.4 is 0 Å². The molecule has 0 aromatic rings. The fourth-order valence-corrected chi connectivity index (χ4v) is 1.46. The lowest BCUT2D eigenvalue weighted by Gasteiger charge is -2.21. The van der Waals surface area contributed by atoms with Crippen LogP contribution in [0, 0.1) is 0 Å². The Labute approximate surface area is 136 Å². The van der Waals surface area contributed by atoms with Gasteiger partial charge in [-0.25, -0.2) is 4.57 Å². The highest BCUT2D eigenvalue weighted by atomic mass is 31.2. The molecule has 11 N–H and O–H groups in total. The van der Waals surface area contributed by atoms with Crippen LogP contribution in [0.3, 0.4) is 0 Å². The summed E-state index contributed by atoms with van der Waals surface area (Å²) in [7, 11) is -4.71. The number of aliphatic hydroxyl groups is 9. The maximum atomic E-state index is 10.2. The minimum absolute atomic E-state index is 0.641. The van der Waals surface area contributed by atoms with Crippen molar-refractivity contribution >= 4 is 7.82 Å². The SMILES string of the molecule is O=P(O)(O)OC[C@@H](O)[C@H](O)[C@@H](O)CO.OC[C@@H](O)C(O)[C@@H](O)CO. The lowest BCUT2D eigenvalue weighted by atomic mass is 10.1. The van der Waals surface area contributed by atoms with Crippen LogP contribution in [0.15, 0.2) is 0 Å². The molecule has 0 saturated carbocycles. The molecule has 24 heavy (non-hydrogen) atoms. The molecule has 13 nitrogen and oxygen atoms in total. The third kappa shape index (κ3) is 12.2. The summed E-state index contributed by atoms with van der Waals surface area (Å²) in [6, 6.07) is 0. The molecule has 0 heterocycles. The van der Waals surface area contributed by atoms with E-state index in [1.54, 1.807) is 0 Å². The molecule has 0 aromatic carbocycles. The molecule has 0 rings (SSSR count). The molecule has 0 saturated heterocycles. The molecule has 14 heteroatoms. The van der Waals surface area contributed by atoms with Crippen LogP contribution in [0.25, 0.3) is 0 Å². The third-order valence-electron chi connectivity index (χ3n) is 2.55. The molecule has 0 bridgehead atoms. The van der Waals surface area contributed by atoms with E-state index in [2.05, 4.69) is 4.52 Å². The second-order valence-electron chi connectivity index (χ2n) is 4.58. The first-order valence-corrected chi connectivity index (χ1v) is 8.05. The van der Waals surface area contributed by atoms with E-state index in [0.717, 1.165) is 0 Å². The molecular weight excluding hydrogens is 359 g/mol. The van der Waals surface area contributed by atoms with Gasteiger partial charge in [-0.3, -0.25) is 4.52 Å². The Morgan fingerprint density at radius 2 is 0.958 bits per heavy atom. The average Bonchev–Trinajstić information content (AvgIpc) is 2.55. The molecule has 148 valence electrons. The topological polar surface area (TPSA) is 249 Å². The summed E-state index contributed by atoms with van der Waals surface area (Å²) >= 11 is 0. The Hall–Kier alpha value is -0.250. The number of hydrogen-bond acceptors (Lipinski definition) is 11. The van der Waals surface area contributed by atoms with Crippen LogP contribution in [-0.4, -0.2) is 119 Å². The van der Waals surface area contributed by atoms with Crippen molar-refractivity contribution in [2.45, 2.75) is 36.6 Å². The maximum absolute atomic E-state index is 10.2. The quantitative estimate of drug-likeness (QED) is 0.157. The van der Waals surface area contributed by atoms with E-state index in [9.17, 15) is 4.57 Å². The van der Waals surface area contributed by atoms with Gasteiger partial charge in [-0.05, 0) is 0 Å². The van der Waals surface area contributed by atoms with E-state index < -0.39 is 70.9 Å². The van der Waals surface area contributed by atoms with E-state index in [4.69, 9.17) is 55.7 Å². The van der Waals surface area contributed by atoms with Crippen molar-refractivity contribution in [1.82, 2.24) is 0 Å². The van der Waals surface area contributed by atoms with Gasteiger partial charge >= 0.3 is 7.82 Å². The molecule has 0 aromatic heterocycles. The van der Waals surface area contributed by atoms with Gasteiger partial charge in [0.05, 0.1) is 26.4 Å². The molecular formula is C10H25O13P. The highest BCUT2D eigenvalue weighted by Gasteiger charge is 2.27. The first-order chi connectivity index (χ1) is 10.9. The Morgan fingerprint density at radius 3 is 1.21 bits per heavy atom. The van der Waals surface area contributed by atoms with Gasteiger partial charge in [-0.2, -0.15) is 0 Å². The minimum Gasteiger partial charge on any atom is -0.394 e. The molecule has 0 aliphatic rings. The van der Waals surface area contributed by atoms with E-state index in [0.29, 0.717) is 0 Å². The van der Waals surface area contributed by atoms with Crippen molar-refractivity contribution in [2.75, 3.05) is 26.4 Å². The lowest BCUT2D eigenvalue weighted by molar-refractivity contribution is -0.0900. The average molecular weight is 384 g/mol. The summed E-state index contributed by atoms with van der Waals surface area (Å²) in [5.74, 6) is 0. The molecule has 0 amide bonds. The standard InChI is InChI=1S/C5H13O8P.C5H12O5/c6-1-3(7)5(9)4(8)2-13-14(10,11)12;6-1-3(8)5(10)4(9)2-7/h3-9H,1-2H2,(H2,10,11,12);3-10H,1-2H2/t3-,4+,5+;3-,4+,5?/m0./s1. The zero-order chi connectivity index (χ0) is 19.5. The molecule has 0 fully saturated rings. The molecule has 0 radical (unpaired) electrons. The van der Waals surface area contributed by atoms with Crippen molar-refractivity contribution in [2.24, 2.45) is 0 Å². The summed E-state index contributed by atoms with van der Waals surface area (Å²) in [5, 5.41) is 77.7. The van der Waals surface area contributed by atoms with Gasteiger partial charge in [0.25, 0.3) is 0 Å². The van der Waals surface area contributed by atoms with Crippen molar-refractivity contribution < 1.29 is 64.8 Å². The molecule has 0 spiro atoms.